The molecule has 0 bridgehead atoms. The van der Waals surface area contributed by atoms with Gasteiger partial charge in [0.15, 0.2) is 0 Å². The summed E-state index contributed by atoms with van der Waals surface area (Å²) >= 11 is 0.0135. The molecule has 4 heterocycles. The first kappa shape index (κ1) is 49.7. The van der Waals surface area contributed by atoms with Crippen LogP contribution in [0.2, 0.25) is 0 Å². The third-order valence-electron chi connectivity index (χ3n) is 19.3. The van der Waals surface area contributed by atoms with Crippen LogP contribution in [0.3, 0.4) is 0 Å². The van der Waals surface area contributed by atoms with Gasteiger partial charge in [-0.25, -0.2) is 0 Å². The van der Waals surface area contributed by atoms with Crippen molar-refractivity contribution in [2.45, 2.75) is 38.5 Å². The summed E-state index contributed by atoms with van der Waals surface area (Å²) in [6, 6.07) is 96.3. The third-order valence-corrected chi connectivity index (χ3v) is 21.8. The van der Waals surface area contributed by atoms with E-state index in [1.54, 1.807) is 0 Å². The Morgan fingerprint density at radius 1 is 0.326 bits per heavy atom. The predicted octanol–water partition coefficient (Wildman–Crippen LogP) is 14.2. The molecule has 4 aliphatic heterocycles. The van der Waals surface area contributed by atoms with Crippen LogP contribution in [0.4, 0.5) is 51.2 Å². The van der Waals surface area contributed by atoms with Crippen LogP contribution in [0.5, 0.6) is 23.0 Å². The fourth-order valence-electron chi connectivity index (χ4n) is 15.7. The fourth-order valence-corrected chi connectivity index (χ4v) is 18.8. The number of rotatable bonds is 7. The van der Waals surface area contributed by atoms with E-state index in [-0.39, 0.29) is 33.8 Å². The number of ether oxygens (including phenoxy) is 2. The molecule has 8 heteroatoms. The predicted molar refractivity (Wildman–Crippen MR) is 359 cm³/mol. The zero-order valence-electron chi connectivity index (χ0n) is 48.0. The van der Waals surface area contributed by atoms with Gasteiger partial charge in [-0.15, -0.1) is 0 Å². The minimum absolute atomic E-state index is 0.0135. The average molecular weight is 1170 g/mol. The van der Waals surface area contributed by atoms with Gasteiger partial charge in [0.1, 0.15) is 11.5 Å². The normalized spacial score (nSPS) is 15.0. The van der Waals surface area contributed by atoms with Gasteiger partial charge in [-0.2, -0.15) is 0 Å². The van der Waals surface area contributed by atoms with Gasteiger partial charge in [-0.05, 0) is 24.3 Å². The monoisotopic (exact) mass is 1170 g/mol. The number of nitrogens with zero attached hydrogens (tertiary/aromatic N) is 3. The Kier molecular flexibility index (Phi) is 10.6. The number of para-hydroxylation sites is 6. The van der Waals surface area contributed by atoms with Crippen molar-refractivity contribution >= 4 is 121 Å². The summed E-state index contributed by atoms with van der Waals surface area (Å²) < 4.78 is 16.2. The number of hydrogen-bond donors (Lipinski definition) is 0. The van der Waals surface area contributed by atoms with Gasteiger partial charge in [-0.3, -0.25) is 0 Å². The number of benzene rings is 12. The van der Waals surface area contributed by atoms with Gasteiger partial charge >= 0.3 is 429 Å². The summed E-state index contributed by atoms with van der Waals surface area (Å²) in [6.07, 6.45) is 0. The Labute approximate surface area is 509 Å². The smallest absolute Gasteiger partial charge is 0.457 e. The second-order valence-electron chi connectivity index (χ2n) is 24.7. The van der Waals surface area contributed by atoms with Crippen LogP contribution in [-0.2, 0) is 10.8 Å². The van der Waals surface area contributed by atoms with Gasteiger partial charge in [0.2, 0.25) is 0 Å². The van der Waals surface area contributed by atoms with E-state index < -0.39 is 5.41 Å². The van der Waals surface area contributed by atoms with Crippen LogP contribution in [0, 0.1) is 0 Å². The molecule has 0 spiro atoms. The van der Waals surface area contributed by atoms with E-state index in [1.165, 1.54) is 120 Å². The van der Waals surface area contributed by atoms with Crippen LogP contribution in [0.1, 0.15) is 49.9 Å². The van der Waals surface area contributed by atoms with Crippen molar-refractivity contribution in [1.29, 1.82) is 0 Å². The molecule has 6 aliphatic rings. The van der Waals surface area contributed by atoms with E-state index in [4.69, 9.17) is 9.47 Å². The molecule has 0 saturated heterocycles. The summed E-state index contributed by atoms with van der Waals surface area (Å²) in [7, 11) is 0. The SMILES string of the molecule is CC1(C)c2cc(Oc3ccccc3)ccc2-c2cc3c4c(c21)[Se]c1ccccc1B4c1cc2c(cc1N3c1ccccc1)N(c1ccccc1)c1cc3c(c4c1B2c1ccccc1N4c1ccccc1)C(C)(C)c1cc(Oc2ccccc2)ccc1-3. The van der Waals surface area contributed by atoms with Crippen molar-refractivity contribution in [1.82, 2.24) is 0 Å². The number of hydrogen-bond acceptors (Lipinski definition) is 5. The summed E-state index contributed by atoms with van der Waals surface area (Å²) in [5, 5.41) is 0. The Balaban J connectivity index is 0.923. The summed E-state index contributed by atoms with van der Waals surface area (Å²) in [5.41, 5.74) is 28.5. The molecular weight excluding hydrogens is 1110 g/mol. The molecular formula is C78H55B2N3O2Se. The molecule has 0 atom stereocenters. The van der Waals surface area contributed by atoms with Crippen molar-refractivity contribution in [3.8, 4) is 45.3 Å². The first-order chi connectivity index (χ1) is 42.2. The van der Waals surface area contributed by atoms with Crippen molar-refractivity contribution < 1.29 is 9.47 Å². The molecule has 0 fully saturated rings. The molecule has 2 aliphatic carbocycles. The minimum Gasteiger partial charge on any atom is -0.457 e. The molecule has 12 aromatic carbocycles. The van der Waals surface area contributed by atoms with Gasteiger partial charge in [-0.1, -0.05) is 42.5 Å². The molecule has 18 rings (SSSR count). The van der Waals surface area contributed by atoms with Crippen LogP contribution < -0.4 is 65.9 Å². The van der Waals surface area contributed by atoms with Crippen LogP contribution in [0.15, 0.2) is 261 Å². The maximum absolute atomic E-state index is 6.64. The molecule has 0 N–H and O–H groups in total. The van der Waals surface area contributed by atoms with E-state index in [0.29, 0.717) is 0 Å². The molecule has 5 nitrogen and oxygen atoms in total. The van der Waals surface area contributed by atoms with E-state index in [9.17, 15) is 0 Å². The Hall–Kier alpha value is -9.71. The maximum atomic E-state index is 6.64. The average Bonchev–Trinajstić information content (AvgIpc) is 1.21. The van der Waals surface area contributed by atoms with Gasteiger partial charge < -0.3 is 4.74 Å². The van der Waals surface area contributed by atoms with E-state index in [0.717, 1.165) is 40.1 Å². The van der Waals surface area contributed by atoms with E-state index >= 15 is 0 Å². The van der Waals surface area contributed by atoms with Crippen molar-refractivity contribution in [2.24, 2.45) is 0 Å². The summed E-state index contributed by atoms with van der Waals surface area (Å²) in [5.74, 6) is 3.35. The second-order valence-corrected chi connectivity index (χ2v) is 26.9. The fraction of sp³-hybridized carbons (Fsp3) is 0.0769. The summed E-state index contributed by atoms with van der Waals surface area (Å²) in [6.45, 7) is 9.60. The Bertz CT molecular complexity index is 4830. The first-order valence-electron chi connectivity index (χ1n) is 30.0. The summed E-state index contributed by atoms with van der Waals surface area (Å²) in [4.78, 5) is 7.83. The molecule has 0 amide bonds. The number of anilines is 9. The van der Waals surface area contributed by atoms with Gasteiger partial charge in [0, 0.05) is 0 Å². The number of fused-ring (bicyclic) bond motifs is 16. The third kappa shape index (κ3) is 7.03. The molecule has 0 aromatic heterocycles. The van der Waals surface area contributed by atoms with Gasteiger partial charge in [0.05, 0.1) is 0 Å². The van der Waals surface area contributed by atoms with Crippen molar-refractivity contribution in [2.75, 3.05) is 14.7 Å². The molecule has 0 radical (unpaired) electrons. The molecule has 86 heavy (non-hydrogen) atoms. The quantitative estimate of drug-likeness (QED) is 0.148. The van der Waals surface area contributed by atoms with Gasteiger partial charge in [0.25, 0.3) is 0 Å². The van der Waals surface area contributed by atoms with E-state index in [1.807, 2.05) is 60.7 Å². The Morgan fingerprint density at radius 3 is 1.33 bits per heavy atom. The van der Waals surface area contributed by atoms with Crippen LogP contribution >= 0.6 is 0 Å². The van der Waals surface area contributed by atoms with Crippen molar-refractivity contribution in [3.63, 3.8) is 0 Å². The Morgan fingerprint density at radius 2 is 0.767 bits per heavy atom. The standard InChI is InChI=1S/C78H55B2N3O2Se/c1-77(2)59-42-53(84-51-30-16-8-17-31-51)38-40-55(59)57-44-68-73-75(71(57)77)83(50-28-14-7-15-29-50)65-36-22-20-34-61(65)79(73)63-46-64-67(47-66(63)81(68)48-24-10-5-11-25-48)82(49-26-12-6-13-27-49)69-45-58-56-41-39-54(85-52-32-18-9-19-33-52)43-60(56)78(3,4)72(58)76-74(69)80(64)62-35-21-23-37-70(62)86-76/h5-47H,1-4H3. The topological polar surface area (TPSA) is 28.2 Å². The molecule has 0 saturated carbocycles. The molecule has 0 unspecified atom stereocenters. The minimum atomic E-state index is -0.420. The molecule has 406 valence electrons. The first-order valence-corrected chi connectivity index (χ1v) is 31.7. The zero-order valence-corrected chi connectivity index (χ0v) is 49.8. The molecule has 12 aromatic rings. The zero-order chi connectivity index (χ0) is 57.2. The van der Waals surface area contributed by atoms with Crippen LogP contribution in [-0.4, -0.2) is 28.4 Å². The van der Waals surface area contributed by atoms with E-state index in [2.05, 4.69) is 243 Å². The van der Waals surface area contributed by atoms with Crippen molar-refractivity contribution in [3.05, 3.63) is 283 Å². The van der Waals surface area contributed by atoms with Crippen LogP contribution in [0.25, 0.3) is 22.3 Å². The second kappa shape index (κ2) is 18.4.